The second-order valence-electron chi connectivity index (χ2n) is 9.40. The normalized spacial score (nSPS) is 14.9. The number of carbonyl (C=O) groups excluding carboxylic acids is 2. The molecule has 2 N–H and O–H groups in total. The van der Waals surface area contributed by atoms with Crippen molar-refractivity contribution in [2.45, 2.75) is 50.6 Å². The largest absolute Gasteiger partial charge is 0.361 e. The Labute approximate surface area is 210 Å². The van der Waals surface area contributed by atoms with Crippen LogP contribution in [0.2, 0.25) is 0 Å². The van der Waals surface area contributed by atoms with Gasteiger partial charge in [-0.1, -0.05) is 73.9 Å². The van der Waals surface area contributed by atoms with Crippen molar-refractivity contribution in [3.05, 3.63) is 102 Å². The molecule has 1 heterocycles. The lowest BCUT2D eigenvalue weighted by Crippen LogP contribution is -2.48. The van der Waals surface area contributed by atoms with Gasteiger partial charge in [0.1, 0.15) is 11.9 Å². The van der Waals surface area contributed by atoms with Gasteiger partial charge in [-0.15, -0.1) is 0 Å². The molecule has 1 saturated carbocycles. The van der Waals surface area contributed by atoms with E-state index in [9.17, 15) is 9.59 Å². The summed E-state index contributed by atoms with van der Waals surface area (Å²) in [6.45, 7) is 0. The summed E-state index contributed by atoms with van der Waals surface area (Å²) in [5, 5.41) is 4.08. The number of anilines is 1. The van der Waals surface area contributed by atoms with Crippen LogP contribution >= 0.6 is 0 Å². The van der Waals surface area contributed by atoms with E-state index in [1.807, 2.05) is 48.7 Å². The fourth-order valence-electron chi connectivity index (χ4n) is 5.17. The third-order valence-electron chi connectivity index (χ3n) is 6.98. The lowest BCUT2D eigenvalue weighted by atomic mass is 9.94. The molecule has 36 heavy (non-hydrogen) atoms. The third kappa shape index (κ3) is 5.03. The molecule has 184 valence electrons. The van der Waals surface area contributed by atoms with Crippen molar-refractivity contribution in [1.82, 2.24) is 10.3 Å². The van der Waals surface area contributed by atoms with E-state index in [2.05, 4.69) is 10.3 Å². The number of amides is 2. The van der Waals surface area contributed by atoms with Gasteiger partial charge in [-0.2, -0.15) is 0 Å². The van der Waals surface area contributed by atoms with Gasteiger partial charge in [0.25, 0.3) is 0 Å². The van der Waals surface area contributed by atoms with E-state index in [0.717, 1.165) is 48.6 Å². The summed E-state index contributed by atoms with van der Waals surface area (Å²) in [6, 6.07) is 22.0. The topological polar surface area (TPSA) is 65.2 Å². The number of aromatic nitrogens is 1. The number of fused-ring (bicyclic) bond motifs is 1. The van der Waals surface area contributed by atoms with Crippen LogP contribution in [0.4, 0.5) is 10.1 Å². The molecule has 0 saturated heterocycles. The molecule has 6 heteroatoms. The Morgan fingerprint density at radius 3 is 2.39 bits per heavy atom. The van der Waals surface area contributed by atoms with Gasteiger partial charge >= 0.3 is 0 Å². The van der Waals surface area contributed by atoms with Gasteiger partial charge in [0.15, 0.2) is 0 Å². The molecule has 4 aromatic rings. The van der Waals surface area contributed by atoms with Crippen molar-refractivity contribution in [2.75, 3.05) is 4.90 Å². The zero-order chi connectivity index (χ0) is 24.9. The maximum atomic E-state index is 15.2. The number of benzene rings is 3. The van der Waals surface area contributed by atoms with Gasteiger partial charge in [-0.3, -0.25) is 14.5 Å². The molecule has 5 rings (SSSR count). The van der Waals surface area contributed by atoms with E-state index < -0.39 is 11.9 Å². The lowest BCUT2D eigenvalue weighted by molar-refractivity contribution is -0.127. The zero-order valence-corrected chi connectivity index (χ0v) is 20.1. The molecule has 1 aliphatic carbocycles. The number of aromatic amines is 1. The predicted octanol–water partition coefficient (Wildman–Crippen LogP) is 6.07. The number of nitrogens with one attached hydrogen (secondary N) is 2. The molecule has 0 aliphatic heterocycles. The molecule has 2 amide bonds. The second kappa shape index (κ2) is 10.8. The number of H-pyrrole nitrogens is 1. The summed E-state index contributed by atoms with van der Waals surface area (Å²) in [4.78, 5) is 32.5. The highest BCUT2D eigenvalue weighted by Gasteiger charge is 2.35. The third-order valence-corrected chi connectivity index (χ3v) is 6.98. The number of nitrogens with zero attached hydrogens (tertiary/aromatic N) is 1. The molecular weight excluding hydrogens is 453 g/mol. The highest BCUT2D eigenvalue weighted by atomic mass is 19.1. The smallest absolute Gasteiger partial charge is 0.248 e. The Morgan fingerprint density at radius 2 is 1.61 bits per heavy atom. The fraction of sp³-hybridized carbons (Fsp3) is 0.267. The van der Waals surface area contributed by atoms with Crippen LogP contribution in [0.1, 0.15) is 49.3 Å². The molecule has 0 radical (unpaired) electrons. The summed E-state index contributed by atoms with van der Waals surface area (Å²) in [6.07, 6.45) is 6.94. The van der Waals surface area contributed by atoms with Crippen molar-refractivity contribution >= 4 is 28.4 Å². The van der Waals surface area contributed by atoms with E-state index in [1.54, 1.807) is 30.3 Å². The molecule has 0 bridgehead atoms. The lowest BCUT2D eigenvalue weighted by Gasteiger charge is -2.33. The van der Waals surface area contributed by atoms with Gasteiger partial charge in [0.05, 0.1) is 6.42 Å². The minimum atomic E-state index is -1.13. The van der Waals surface area contributed by atoms with E-state index in [0.29, 0.717) is 5.69 Å². The number of para-hydroxylation sites is 2. The maximum absolute atomic E-state index is 15.2. The Balaban J connectivity index is 1.55. The highest BCUT2D eigenvalue weighted by Crippen LogP contribution is 2.32. The first-order valence-electron chi connectivity index (χ1n) is 12.6. The quantitative estimate of drug-likeness (QED) is 0.335. The molecule has 1 atom stereocenters. The van der Waals surface area contributed by atoms with E-state index in [-0.39, 0.29) is 29.8 Å². The van der Waals surface area contributed by atoms with E-state index >= 15 is 4.39 Å². The molecular formula is C30H30FN3O2. The Bertz CT molecular complexity index is 1340. The van der Waals surface area contributed by atoms with Crippen molar-refractivity contribution in [1.29, 1.82) is 0 Å². The SMILES string of the molecule is O=C(NC1CCCCC1)[C@@H](c1ccccc1F)N(C(=O)Cc1c[nH]c2ccccc12)c1ccccc1. The summed E-state index contributed by atoms with van der Waals surface area (Å²) < 4.78 is 15.2. The van der Waals surface area contributed by atoms with Crippen LogP contribution in [0.25, 0.3) is 10.9 Å². The minimum absolute atomic E-state index is 0.0295. The van der Waals surface area contributed by atoms with Crippen molar-refractivity contribution < 1.29 is 14.0 Å². The van der Waals surface area contributed by atoms with E-state index in [1.165, 1.54) is 11.0 Å². The Hall–Kier alpha value is -3.93. The highest BCUT2D eigenvalue weighted by molar-refractivity contribution is 6.03. The summed E-state index contributed by atoms with van der Waals surface area (Å²) in [7, 11) is 0. The van der Waals surface area contributed by atoms with Gasteiger partial charge in [0.2, 0.25) is 11.8 Å². The molecule has 0 unspecified atom stereocenters. The first-order valence-corrected chi connectivity index (χ1v) is 12.6. The van der Waals surface area contributed by atoms with Crippen LogP contribution in [0.3, 0.4) is 0 Å². The minimum Gasteiger partial charge on any atom is -0.361 e. The van der Waals surface area contributed by atoms with Crippen LogP contribution < -0.4 is 10.2 Å². The van der Waals surface area contributed by atoms with Gasteiger partial charge in [-0.05, 0) is 42.7 Å². The molecule has 1 aliphatic rings. The maximum Gasteiger partial charge on any atom is 0.248 e. The molecule has 1 fully saturated rings. The van der Waals surface area contributed by atoms with Gasteiger partial charge < -0.3 is 10.3 Å². The molecule has 5 nitrogen and oxygen atoms in total. The van der Waals surface area contributed by atoms with Crippen LogP contribution in [0, 0.1) is 5.82 Å². The van der Waals surface area contributed by atoms with Gasteiger partial charge in [0, 0.05) is 34.4 Å². The standard InChI is InChI=1S/C30H30FN3O2/c31-26-17-9-7-16-25(26)29(30(36)33-22-11-3-1-4-12-22)34(23-13-5-2-6-14-23)28(35)19-21-20-32-27-18-10-8-15-24(21)27/h2,5-10,13-18,20,22,29,32H,1,3-4,11-12,19H2,(H,33,36)/t29-/m1/s1. The first-order chi connectivity index (χ1) is 17.6. The number of hydrogen-bond donors (Lipinski definition) is 2. The number of carbonyl (C=O) groups is 2. The number of halogens is 1. The number of rotatable bonds is 7. The second-order valence-corrected chi connectivity index (χ2v) is 9.40. The fourth-order valence-corrected chi connectivity index (χ4v) is 5.17. The summed E-state index contributed by atoms with van der Waals surface area (Å²) in [5.74, 6) is -1.15. The van der Waals surface area contributed by atoms with Crippen LogP contribution in [-0.4, -0.2) is 22.8 Å². The average Bonchev–Trinajstić information content (AvgIpc) is 3.31. The van der Waals surface area contributed by atoms with Crippen LogP contribution in [-0.2, 0) is 16.0 Å². The zero-order valence-electron chi connectivity index (χ0n) is 20.1. The van der Waals surface area contributed by atoms with Crippen molar-refractivity contribution in [2.24, 2.45) is 0 Å². The molecule has 1 aromatic heterocycles. The molecule has 0 spiro atoms. The Kier molecular flexibility index (Phi) is 7.12. The van der Waals surface area contributed by atoms with Crippen LogP contribution in [0.5, 0.6) is 0 Å². The Morgan fingerprint density at radius 1 is 0.917 bits per heavy atom. The van der Waals surface area contributed by atoms with Gasteiger partial charge in [-0.25, -0.2) is 4.39 Å². The summed E-state index contributed by atoms with van der Waals surface area (Å²) >= 11 is 0. The van der Waals surface area contributed by atoms with Crippen LogP contribution in [0.15, 0.2) is 85.1 Å². The van der Waals surface area contributed by atoms with Crippen molar-refractivity contribution in [3.8, 4) is 0 Å². The number of hydrogen-bond acceptors (Lipinski definition) is 2. The molecule has 3 aromatic carbocycles. The monoisotopic (exact) mass is 483 g/mol. The summed E-state index contributed by atoms with van der Waals surface area (Å²) in [5.41, 5.74) is 2.50. The first kappa shape index (κ1) is 23.8. The predicted molar refractivity (Wildman–Crippen MR) is 140 cm³/mol. The van der Waals surface area contributed by atoms with E-state index in [4.69, 9.17) is 0 Å². The average molecular weight is 484 g/mol. The van der Waals surface area contributed by atoms with Crippen molar-refractivity contribution in [3.63, 3.8) is 0 Å².